The molecule has 1 atom stereocenters. The predicted octanol–water partition coefficient (Wildman–Crippen LogP) is 3.04. The molecule has 0 N–H and O–H groups in total. The standard InChI is InChI=1S/C14H18ClNO2/c1-11(15)12(2)18-14-5-3-4-13(10-14)16-6-8-17-9-7-16/h3-5,10-11H,2,6-9H2,1H3. The van der Waals surface area contributed by atoms with Crippen molar-refractivity contribution in [2.75, 3.05) is 31.2 Å². The summed E-state index contributed by atoms with van der Waals surface area (Å²) >= 11 is 5.92. The molecule has 3 nitrogen and oxygen atoms in total. The number of anilines is 1. The van der Waals surface area contributed by atoms with Gasteiger partial charge in [-0.1, -0.05) is 12.6 Å². The molecule has 0 bridgehead atoms. The van der Waals surface area contributed by atoms with Crippen LogP contribution >= 0.6 is 11.6 Å². The van der Waals surface area contributed by atoms with Gasteiger partial charge < -0.3 is 14.4 Å². The van der Waals surface area contributed by atoms with E-state index < -0.39 is 0 Å². The molecule has 1 unspecified atom stereocenters. The van der Waals surface area contributed by atoms with Gasteiger partial charge in [-0.3, -0.25) is 0 Å². The summed E-state index contributed by atoms with van der Waals surface area (Å²) in [6.45, 7) is 9.02. The third-order valence-electron chi connectivity index (χ3n) is 2.89. The summed E-state index contributed by atoms with van der Waals surface area (Å²) < 4.78 is 11.0. The second-order valence-electron chi connectivity index (χ2n) is 4.28. The van der Waals surface area contributed by atoms with Gasteiger partial charge >= 0.3 is 0 Å². The van der Waals surface area contributed by atoms with Gasteiger partial charge in [-0.15, -0.1) is 11.6 Å². The normalized spacial score (nSPS) is 17.3. The Hall–Kier alpha value is -1.19. The van der Waals surface area contributed by atoms with Crippen LogP contribution in [0.5, 0.6) is 5.75 Å². The maximum absolute atomic E-state index is 5.92. The van der Waals surface area contributed by atoms with E-state index in [0.29, 0.717) is 5.76 Å². The van der Waals surface area contributed by atoms with Gasteiger partial charge in [0.15, 0.2) is 0 Å². The zero-order chi connectivity index (χ0) is 13.0. The monoisotopic (exact) mass is 267 g/mol. The Morgan fingerprint density at radius 3 is 2.83 bits per heavy atom. The summed E-state index contributed by atoms with van der Waals surface area (Å²) in [7, 11) is 0. The lowest BCUT2D eigenvalue weighted by Gasteiger charge is -2.29. The number of halogens is 1. The summed E-state index contributed by atoms with van der Waals surface area (Å²) in [6, 6.07) is 7.97. The molecule has 1 heterocycles. The maximum Gasteiger partial charge on any atom is 0.129 e. The molecule has 1 saturated heterocycles. The molecule has 2 rings (SSSR count). The zero-order valence-corrected chi connectivity index (χ0v) is 11.3. The van der Waals surface area contributed by atoms with E-state index in [1.165, 1.54) is 0 Å². The van der Waals surface area contributed by atoms with Gasteiger partial charge in [0.05, 0.1) is 18.6 Å². The van der Waals surface area contributed by atoms with Gasteiger partial charge in [-0.25, -0.2) is 0 Å². The Balaban J connectivity index is 2.07. The largest absolute Gasteiger partial charge is 0.461 e. The minimum Gasteiger partial charge on any atom is -0.461 e. The Morgan fingerprint density at radius 2 is 2.17 bits per heavy atom. The minimum absolute atomic E-state index is 0.197. The number of ether oxygens (including phenoxy) is 2. The van der Waals surface area contributed by atoms with E-state index in [-0.39, 0.29) is 5.38 Å². The fraction of sp³-hybridized carbons (Fsp3) is 0.429. The summed E-state index contributed by atoms with van der Waals surface area (Å²) in [5.41, 5.74) is 1.14. The molecule has 0 aromatic heterocycles. The number of hydrogen-bond acceptors (Lipinski definition) is 3. The van der Waals surface area contributed by atoms with Crippen LogP contribution in [0.1, 0.15) is 6.92 Å². The van der Waals surface area contributed by atoms with Gasteiger partial charge in [0.25, 0.3) is 0 Å². The Bertz CT molecular complexity index is 414. The molecule has 1 aromatic carbocycles. The quantitative estimate of drug-likeness (QED) is 0.618. The Labute approximate surface area is 113 Å². The summed E-state index contributed by atoms with van der Waals surface area (Å²) in [5.74, 6) is 1.34. The molecule has 0 saturated carbocycles. The van der Waals surface area contributed by atoms with E-state index in [1.807, 2.05) is 25.1 Å². The first-order chi connectivity index (χ1) is 8.66. The van der Waals surface area contributed by atoms with Crippen molar-refractivity contribution in [1.29, 1.82) is 0 Å². The van der Waals surface area contributed by atoms with Crippen molar-refractivity contribution in [2.24, 2.45) is 0 Å². The number of hydrogen-bond donors (Lipinski definition) is 0. The molecule has 4 heteroatoms. The predicted molar refractivity (Wildman–Crippen MR) is 74.6 cm³/mol. The highest BCUT2D eigenvalue weighted by molar-refractivity contribution is 6.21. The van der Waals surface area contributed by atoms with E-state index in [1.54, 1.807) is 0 Å². The molecule has 0 spiro atoms. The molecule has 1 aliphatic heterocycles. The topological polar surface area (TPSA) is 21.7 Å². The van der Waals surface area contributed by atoms with Crippen molar-refractivity contribution in [2.45, 2.75) is 12.3 Å². The number of rotatable bonds is 4. The first-order valence-corrected chi connectivity index (χ1v) is 6.54. The van der Waals surface area contributed by atoms with Crippen molar-refractivity contribution in [3.63, 3.8) is 0 Å². The Morgan fingerprint density at radius 1 is 1.44 bits per heavy atom. The fourth-order valence-corrected chi connectivity index (χ4v) is 1.84. The smallest absolute Gasteiger partial charge is 0.129 e. The summed E-state index contributed by atoms with van der Waals surface area (Å²) in [5, 5.41) is -0.197. The van der Waals surface area contributed by atoms with Crippen molar-refractivity contribution in [3.8, 4) is 5.75 Å². The van der Waals surface area contributed by atoms with Crippen LogP contribution in [-0.2, 0) is 4.74 Å². The van der Waals surface area contributed by atoms with Gasteiger partial charge in [-0.05, 0) is 19.1 Å². The zero-order valence-electron chi connectivity index (χ0n) is 10.6. The molecule has 1 aliphatic rings. The van der Waals surface area contributed by atoms with E-state index in [9.17, 15) is 0 Å². The van der Waals surface area contributed by atoms with Gasteiger partial charge in [-0.2, -0.15) is 0 Å². The summed E-state index contributed by atoms with van der Waals surface area (Å²) in [4.78, 5) is 2.28. The van der Waals surface area contributed by atoms with E-state index in [0.717, 1.165) is 37.7 Å². The molecule has 0 radical (unpaired) electrons. The second-order valence-corrected chi connectivity index (χ2v) is 4.94. The molecule has 1 aromatic rings. The lowest BCUT2D eigenvalue weighted by Crippen LogP contribution is -2.36. The Kier molecular flexibility index (Phi) is 4.50. The van der Waals surface area contributed by atoms with Crippen LogP contribution in [0.3, 0.4) is 0 Å². The average molecular weight is 268 g/mol. The van der Waals surface area contributed by atoms with E-state index >= 15 is 0 Å². The number of nitrogens with zero attached hydrogens (tertiary/aromatic N) is 1. The molecular formula is C14H18ClNO2. The van der Waals surface area contributed by atoms with E-state index in [2.05, 4.69) is 17.5 Å². The third kappa shape index (κ3) is 3.40. The first-order valence-electron chi connectivity index (χ1n) is 6.10. The summed E-state index contributed by atoms with van der Waals surface area (Å²) in [6.07, 6.45) is 0. The highest BCUT2D eigenvalue weighted by Crippen LogP contribution is 2.24. The van der Waals surface area contributed by atoms with E-state index in [4.69, 9.17) is 21.1 Å². The van der Waals surface area contributed by atoms with Crippen LogP contribution in [-0.4, -0.2) is 31.7 Å². The molecule has 18 heavy (non-hydrogen) atoms. The maximum atomic E-state index is 5.92. The van der Waals surface area contributed by atoms with Gasteiger partial charge in [0, 0.05) is 24.8 Å². The first kappa shape index (κ1) is 13.2. The lowest BCUT2D eigenvalue weighted by molar-refractivity contribution is 0.122. The van der Waals surface area contributed by atoms with Gasteiger partial charge in [0.1, 0.15) is 11.5 Å². The van der Waals surface area contributed by atoms with Crippen molar-refractivity contribution in [1.82, 2.24) is 0 Å². The van der Waals surface area contributed by atoms with Crippen molar-refractivity contribution < 1.29 is 9.47 Å². The number of alkyl halides is 1. The lowest BCUT2D eigenvalue weighted by atomic mass is 10.2. The molecule has 1 fully saturated rings. The number of morpholine rings is 1. The van der Waals surface area contributed by atoms with Crippen LogP contribution < -0.4 is 9.64 Å². The van der Waals surface area contributed by atoms with Crippen LogP contribution in [0.15, 0.2) is 36.6 Å². The second kappa shape index (κ2) is 6.12. The third-order valence-corrected chi connectivity index (χ3v) is 3.13. The number of benzene rings is 1. The van der Waals surface area contributed by atoms with Crippen LogP contribution in [0, 0.1) is 0 Å². The molecule has 0 amide bonds. The van der Waals surface area contributed by atoms with Crippen LogP contribution in [0.25, 0.3) is 0 Å². The highest BCUT2D eigenvalue weighted by Gasteiger charge is 2.12. The van der Waals surface area contributed by atoms with Crippen molar-refractivity contribution in [3.05, 3.63) is 36.6 Å². The fourth-order valence-electron chi connectivity index (χ4n) is 1.80. The number of allylic oxidation sites excluding steroid dienone is 1. The average Bonchev–Trinajstić information content (AvgIpc) is 2.40. The SMILES string of the molecule is C=C(Oc1cccc(N2CCOCC2)c1)C(C)Cl. The van der Waals surface area contributed by atoms with Crippen LogP contribution in [0.2, 0.25) is 0 Å². The highest BCUT2D eigenvalue weighted by atomic mass is 35.5. The van der Waals surface area contributed by atoms with Gasteiger partial charge in [0.2, 0.25) is 0 Å². The minimum atomic E-state index is -0.197. The van der Waals surface area contributed by atoms with Crippen LogP contribution in [0.4, 0.5) is 5.69 Å². The molecule has 0 aliphatic carbocycles. The molecular weight excluding hydrogens is 250 g/mol. The molecule has 98 valence electrons. The van der Waals surface area contributed by atoms with Crippen molar-refractivity contribution >= 4 is 17.3 Å².